The summed E-state index contributed by atoms with van der Waals surface area (Å²) in [7, 11) is -3.54. The number of anilines is 1. The van der Waals surface area contributed by atoms with Gasteiger partial charge in [-0.2, -0.15) is 4.31 Å². The Hall–Kier alpha value is -2.45. The minimum atomic E-state index is -3.54. The molecule has 0 spiro atoms. The lowest BCUT2D eigenvalue weighted by molar-refractivity contribution is -0.122. The number of carbonyl (C=O) groups is 1. The van der Waals surface area contributed by atoms with Gasteiger partial charge in [0.2, 0.25) is 15.9 Å². The second-order valence-electron chi connectivity index (χ2n) is 9.58. The summed E-state index contributed by atoms with van der Waals surface area (Å²) < 4.78 is 41.1. The molecule has 1 saturated heterocycles. The molecule has 184 valence electrons. The predicted octanol–water partition coefficient (Wildman–Crippen LogP) is 4.85. The molecule has 2 fully saturated rings. The minimum absolute atomic E-state index is 0.144. The third-order valence-electron chi connectivity index (χ3n) is 6.96. The molecule has 1 atom stereocenters. The highest BCUT2D eigenvalue weighted by molar-refractivity contribution is 7.89. The van der Waals surface area contributed by atoms with Crippen LogP contribution in [0.3, 0.4) is 0 Å². The van der Waals surface area contributed by atoms with Crippen LogP contribution in [0.5, 0.6) is 0 Å². The van der Waals surface area contributed by atoms with Gasteiger partial charge in [-0.25, -0.2) is 12.8 Å². The van der Waals surface area contributed by atoms with Gasteiger partial charge in [0.1, 0.15) is 11.9 Å². The summed E-state index contributed by atoms with van der Waals surface area (Å²) in [5, 5.41) is 6.36. The molecule has 2 aliphatic rings. The Morgan fingerprint density at radius 1 is 0.941 bits per heavy atom. The van der Waals surface area contributed by atoms with E-state index in [1.807, 2.05) is 0 Å². The standard InChI is InChI=1S/C26H34FN3O3S/c1-19-15-17-30(18-16-19)34(32,33)24-13-11-23(12-14-24)28-25(20-7-9-21(27)10-8-20)26(31)29-22-5-3-2-4-6-22/h7-14,19,22,25,28H,2-6,15-18H2,1H3,(H,29,31)/t25-/m0/s1. The summed E-state index contributed by atoms with van der Waals surface area (Å²) in [5.74, 6) is 0.00988. The van der Waals surface area contributed by atoms with Crippen molar-refractivity contribution in [1.82, 2.24) is 9.62 Å². The van der Waals surface area contributed by atoms with Crippen LogP contribution >= 0.6 is 0 Å². The number of halogens is 1. The predicted molar refractivity (Wildman–Crippen MR) is 131 cm³/mol. The molecule has 6 nitrogen and oxygen atoms in total. The van der Waals surface area contributed by atoms with Crippen LogP contribution in [0.2, 0.25) is 0 Å². The Morgan fingerprint density at radius 2 is 1.56 bits per heavy atom. The Morgan fingerprint density at radius 3 is 2.18 bits per heavy atom. The number of hydrogen-bond donors (Lipinski definition) is 2. The van der Waals surface area contributed by atoms with Gasteiger partial charge in [-0.1, -0.05) is 38.3 Å². The number of amides is 1. The van der Waals surface area contributed by atoms with Crippen LogP contribution in [0.25, 0.3) is 0 Å². The van der Waals surface area contributed by atoms with E-state index in [9.17, 15) is 17.6 Å². The fourth-order valence-electron chi connectivity index (χ4n) is 4.75. The number of sulfonamides is 1. The fraction of sp³-hybridized carbons (Fsp3) is 0.500. The quantitative estimate of drug-likeness (QED) is 0.585. The average molecular weight is 488 g/mol. The van der Waals surface area contributed by atoms with Crippen molar-refractivity contribution >= 4 is 21.6 Å². The van der Waals surface area contributed by atoms with E-state index in [1.54, 1.807) is 40.7 Å². The minimum Gasteiger partial charge on any atom is -0.370 e. The first-order chi connectivity index (χ1) is 16.3. The second kappa shape index (κ2) is 10.9. The van der Waals surface area contributed by atoms with Gasteiger partial charge in [0.25, 0.3) is 0 Å². The van der Waals surface area contributed by atoms with Gasteiger partial charge in [-0.15, -0.1) is 0 Å². The second-order valence-corrected chi connectivity index (χ2v) is 11.5. The van der Waals surface area contributed by atoms with E-state index in [-0.39, 0.29) is 22.7 Å². The number of rotatable bonds is 7. The largest absolute Gasteiger partial charge is 0.370 e. The smallest absolute Gasteiger partial charge is 0.247 e. The van der Waals surface area contributed by atoms with Crippen molar-refractivity contribution in [2.45, 2.75) is 68.8 Å². The number of carbonyl (C=O) groups excluding carboxylic acids is 1. The molecular formula is C26H34FN3O3S. The molecule has 1 aliphatic heterocycles. The van der Waals surface area contributed by atoms with Gasteiger partial charge in [-0.3, -0.25) is 4.79 Å². The van der Waals surface area contributed by atoms with E-state index in [0.717, 1.165) is 38.5 Å². The van der Waals surface area contributed by atoms with Crippen LogP contribution in [0, 0.1) is 11.7 Å². The highest BCUT2D eigenvalue weighted by Crippen LogP contribution is 2.27. The fourth-order valence-corrected chi connectivity index (χ4v) is 6.22. The normalized spacial score (nSPS) is 19.5. The maximum absolute atomic E-state index is 13.5. The van der Waals surface area contributed by atoms with Crippen molar-refractivity contribution < 1.29 is 17.6 Å². The number of nitrogens with zero attached hydrogens (tertiary/aromatic N) is 1. The van der Waals surface area contributed by atoms with E-state index in [2.05, 4.69) is 17.6 Å². The van der Waals surface area contributed by atoms with Gasteiger partial charge in [-0.05, 0) is 73.6 Å². The molecule has 1 amide bonds. The Kier molecular flexibility index (Phi) is 7.88. The highest BCUT2D eigenvalue weighted by Gasteiger charge is 2.28. The van der Waals surface area contributed by atoms with Crippen LogP contribution in [0.4, 0.5) is 10.1 Å². The number of benzene rings is 2. The third kappa shape index (κ3) is 5.96. The number of hydrogen-bond acceptors (Lipinski definition) is 4. The maximum atomic E-state index is 13.5. The van der Waals surface area contributed by atoms with Crippen molar-refractivity contribution in [2.24, 2.45) is 5.92 Å². The molecule has 2 N–H and O–H groups in total. The lowest BCUT2D eigenvalue weighted by atomic mass is 9.95. The molecule has 1 heterocycles. The van der Waals surface area contributed by atoms with Crippen molar-refractivity contribution in [1.29, 1.82) is 0 Å². The van der Waals surface area contributed by atoms with Gasteiger partial charge in [0.05, 0.1) is 4.90 Å². The van der Waals surface area contributed by atoms with Crippen LogP contribution in [0.1, 0.15) is 63.5 Å². The Balaban J connectivity index is 1.50. The molecule has 2 aromatic rings. The third-order valence-corrected chi connectivity index (χ3v) is 8.88. The molecule has 0 unspecified atom stereocenters. The van der Waals surface area contributed by atoms with E-state index in [4.69, 9.17) is 0 Å². The summed E-state index contributed by atoms with van der Waals surface area (Å²) in [6.45, 7) is 3.22. The van der Waals surface area contributed by atoms with Gasteiger partial charge >= 0.3 is 0 Å². The first-order valence-corrected chi connectivity index (χ1v) is 13.7. The van der Waals surface area contributed by atoms with Gasteiger partial charge in [0, 0.05) is 24.8 Å². The molecule has 1 aliphatic carbocycles. The van der Waals surface area contributed by atoms with Crippen molar-refractivity contribution in [3.63, 3.8) is 0 Å². The molecule has 1 saturated carbocycles. The lowest BCUT2D eigenvalue weighted by Gasteiger charge is -2.29. The number of piperidine rings is 1. The molecule has 8 heteroatoms. The maximum Gasteiger partial charge on any atom is 0.247 e. The van der Waals surface area contributed by atoms with Gasteiger partial charge in [0.15, 0.2) is 0 Å². The Bertz CT molecular complexity index is 1060. The summed E-state index contributed by atoms with van der Waals surface area (Å²) in [5.41, 5.74) is 1.27. The van der Waals surface area contributed by atoms with E-state index in [0.29, 0.717) is 30.3 Å². The van der Waals surface area contributed by atoms with Crippen LogP contribution in [0.15, 0.2) is 53.4 Å². The Labute approximate surface area is 202 Å². The highest BCUT2D eigenvalue weighted by atomic mass is 32.2. The zero-order valence-electron chi connectivity index (χ0n) is 19.7. The molecule has 0 aromatic heterocycles. The summed E-state index contributed by atoms with van der Waals surface area (Å²) in [6, 6.07) is 11.8. The van der Waals surface area contributed by atoms with Crippen molar-refractivity contribution in [2.75, 3.05) is 18.4 Å². The van der Waals surface area contributed by atoms with Crippen LogP contribution in [-0.4, -0.2) is 37.8 Å². The van der Waals surface area contributed by atoms with Crippen LogP contribution < -0.4 is 10.6 Å². The zero-order chi connectivity index (χ0) is 24.1. The molecule has 0 radical (unpaired) electrons. The molecule has 2 aromatic carbocycles. The molecule has 0 bridgehead atoms. The van der Waals surface area contributed by atoms with Crippen molar-refractivity contribution in [3.05, 3.63) is 59.9 Å². The van der Waals surface area contributed by atoms with Crippen LogP contribution in [-0.2, 0) is 14.8 Å². The van der Waals surface area contributed by atoms with Gasteiger partial charge < -0.3 is 10.6 Å². The van der Waals surface area contributed by atoms with E-state index in [1.165, 1.54) is 18.6 Å². The summed E-state index contributed by atoms with van der Waals surface area (Å²) >= 11 is 0. The first-order valence-electron chi connectivity index (χ1n) is 12.3. The first kappa shape index (κ1) is 24.7. The molecule has 4 rings (SSSR count). The topological polar surface area (TPSA) is 78.5 Å². The van der Waals surface area contributed by atoms with Crippen molar-refractivity contribution in [3.8, 4) is 0 Å². The SMILES string of the molecule is CC1CCN(S(=O)(=O)c2ccc(N[C@H](C(=O)NC3CCCCC3)c3ccc(F)cc3)cc2)CC1. The van der Waals surface area contributed by atoms with E-state index < -0.39 is 16.1 Å². The monoisotopic (exact) mass is 487 g/mol. The molecule has 34 heavy (non-hydrogen) atoms. The average Bonchev–Trinajstić information content (AvgIpc) is 2.84. The lowest BCUT2D eigenvalue weighted by Crippen LogP contribution is -2.41. The summed E-state index contributed by atoms with van der Waals surface area (Å²) in [4.78, 5) is 13.4. The molecular weight excluding hydrogens is 453 g/mol. The van der Waals surface area contributed by atoms with E-state index >= 15 is 0 Å². The summed E-state index contributed by atoms with van der Waals surface area (Å²) in [6.07, 6.45) is 7.06. The zero-order valence-corrected chi connectivity index (χ0v) is 20.5. The number of nitrogens with one attached hydrogen (secondary N) is 2.